The predicted octanol–water partition coefficient (Wildman–Crippen LogP) is 1.99. The molecule has 0 saturated heterocycles. The molecule has 0 radical (unpaired) electrons. The summed E-state index contributed by atoms with van der Waals surface area (Å²) in [6, 6.07) is 12.3. The van der Waals surface area contributed by atoms with Crippen LogP contribution in [0.2, 0.25) is 0 Å². The van der Waals surface area contributed by atoms with E-state index >= 15 is 0 Å². The number of nitrogens with one attached hydrogen (secondary N) is 2. The average Bonchev–Trinajstić information content (AvgIpc) is 2.88. The lowest BCUT2D eigenvalue weighted by Gasteiger charge is -2.17. The zero-order valence-electron chi connectivity index (χ0n) is 12.8. The van der Waals surface area contributed by atoms with Crippen molar-refractivity contribution in [2.75, 3.05) is 7.05 Å². The molecule has 0 bridgehead atoms. The largest absolute Gasteiger partial charge is 0.323 e. The Hall–Kier alpha value is -2.38. The summed E-state index contributed by atoms with van der Waals surface area (Å²) in [5.74, 6) is 0. The van der Waals surface area contributed by atoms with Crippen molar-refractivity contribution in [3.05, 3.63) is 64.1 Å². The van der Waals surface area contributed by atoms with Crippen molar-refractivity contribution in [3.8, 4) is 0 Å². The molecule has 0 amide bonds. The van der Waals surface area contributed by atoms with Gasteiger partial charge in [-0.25, -0.2) is 13.2 Å². The minimum absolute atomic E-state index is 0.148. The van der Waals surface area contributed by atoms with E-state index < -0.39 is 10.0 Å². The molecule has 0 fully saturated rings. The Bertz CT molecular complexity index is 1000. The molecule has 0 unspecified atom stereocenters. The van der Waals surface area contributed by atoms with Crippen LogP contribution in [-0.4, -0.2) is 29.7 Å². The number of hydrogen-bond acceptors (Lipinski definition) is 3. The Morgan fingerprint density at radius 3 is 2.35 bits per heavy atom. The highest BCUT2D eigenvalue weighted by Crippen LogP contribution is 2.20. The summed E-state index contributed by atoms with van der Waals surface area (Å²) >= 11 is 0. The summed E-state index contributed by atoms with van der Waals surface area (Å²) in [6.07, 6.45) is 0. The third kappa shape index (κ3) is 3.06. The molecule has 2 N–H and O–H groups in total. The molecule has 0 saturated carbocycles. The van der Waals surface area contributed by atoms with Crippen molar-refractivity contribution < 1.29 is 8.42 Å². The van der Waals surface area contributed by atoms with Gasteiger partial charge >= 0.3 is 5.69 Å². The minimum Gasteiger partial charge on any atom is -0.306 e. The number of sulfonamides is 1. The first-order valence-corrected chi connectivity index (χ1v) is 8.54. The van der Waals surface area contributed by atoms with Crippen LogP contribution >= 0.6 is 0 Å². The zero-order valence-corrected chi connectivity index (χ0v) is 13.6. The summed E-state index contributed by atoms with van der Waals surface area (Å²) in [5, 5.41) is 0. The molecular weight excluding hydrogens is 314 g/mol. The summed E-state index contributed by atoms with van der Waals surface area (Å²) < 4.78 is 26.7. The number of hydrogen-bond donors (Lipinski definition) is 2. The van der Waals surface area contributed by atoms with E-state index in [2.05, 4.69) is 9.97 Å². The van der Waals surface area contributed by atoms with Crippen LogP contribution in [0, 0.1) is 6.92 Å². The van der Waals surface area contributed by atoms with E-state index in [0.29, 0.717) is 11.0 Å². The van der Waals surface area contributed by atoms with Gasteiger partial charge in [0.15, 0.2) is 0 Å². The van der Waals surface area contributed by atoms with E-state index in [1.807, 2.05) is 31.2 Å². The number of benzene rings is 2. The van der Waals surface area contributed by atoms with Gasteiger partial charge in [-0.15, -0.1) is 0 Å². The van der Waals surface area contributed by atoms with Crippen molar-refractivity contribution in [1.29, 1.82) is 0 Å². The molecule has 6 nitrogen and oxygen atoms in total. The van der Waals surface area contributed by atoms with Gasteiger partial charge in [-0.3, -0.25) is 0 Å². The van der Waals surface area contributed by atoms with E-state index in [0.717, 1.165) is 11.1 Å². The highest BCUT2D eigenvalue weighted by molar-refractivity contribution is 7.89. The van der Waals surface area contributed by atoms with Crippen molar-refractivity contribution in [2.24, 2.45) is 0 Å². The Morgan fingerprint density at radius 2 is 1.65 bits per heavy atom. The lowest BCUT2D eigenvalue weighted by atomic mass is 10.1. The maximum Gasteiger partial charge on any atom is 0.323 e. The van der Waals surface area contributed by atoms with Gasteiger partial charge in [0.05, 0.1) is 15.9 Å². The predicted molar refractivity (Wildman–Crippen MR) is 88.8 cm³/mol. The molecule has 23 heavy (non-hydrogen) atoms. The highest BCUT2D eigenvalue weighted by atomic mass is 32.2. The molecule has 0 aliphatic heterocycles. The van der Waals surface area contributed by atoms with Crippen molar-refractivity contribution in [3.63, 3.8) is 0 Å². The Balaban J connectivity index is 1.91. The molecule has 1 heterocycles. The van der Waals surface area contributed by atoms with Crippen LogP contribution in [0.4, 0.5) is 0 Å². The number of aromatic amines is 2. The third-order valence-corrected chi connectivity index (χ3v) is 5.52. The van der Waals surface area contributed by atoms with Crippen LogP contribution in [0.1, 0.15) is 11.1 Å². The second-order valence-electron chi connectivity index (χ2n) is 5.53. The molecule has 3 aromatic rings. The zero-order chi connectivity index (χ0) is 16.6. The first-order valence-electron chi connectivity index (χ1n) is 7.10. The van der Waals surface area contributed by atoms with Crippen LogP contribution in [0.25, 0.3) is 11.0 Å². The molecule has 0 aliphatic rings. The van der Waals surface area contributed by atoms with Crippen molar-refractivity contribution in [2.45, 2.75) is 18.4 Å². The van der Waals surface area contributed by atoms with Gasteiger partial charge in [0, 0.05) is 13.6 Å². The number of rotatable bonds is 4. The summed E-state index contributed by atoms with van der Waals surface area (Å²) in [7, 11) is -2.09. The van der Waals surface area contributed by atoms with E-state index in [1.165, 1.54) is 16.4 Å². The fourth-order valence-corrected chi connectivity index (χ4v) is 3.57. The highest BCUT2D eigenvalue weighted by Gasteiger charge is 2.21. The number of aryl methyl sites for hydroxylation is 1. The number of imidazole rings is 1. The van der Waals surface area contributed by atoms with Crippen LogP contribution in [-0.2, 0) is 16.6 Å². The Kier molecular flexibility index (Phi) is 3.83. The van der Waals surface area contributed by atoms with Crippen molar-refractivity contribution >= 4 is 21.1 Å². The van der Waals surface area contributed by atoms with E-state index in [9.17, 15) is 13.2 Å². The minimum atomic E-state index is -3.63. The summed E-state index contributed by atoms with van der Waals surface area (Å²) in [5.41, 5.74) is 2.73. The molecule has 1 aromatic heterocycles. The molecule has 0 atom stereocenters. The standard InChI is InChI=1S/C16H17N3O3S/c1-11-3-5-12(6-4-11)10-19(2)23(21,22)13-7-8-14-15(9-13)18-16(20)17-14/h3-9H,10H2,1-2H3,(H2,17,18,20). The lowest BCUT2D eigenvalue weighted by Crippen LogP contribution is -2.26. The summed E-state index contributed by atoms with van der Waals surface area (Å²) in [6.45, 7) is 2.27. The fourth-order valence-electron chi connectivity index (χ4n) is 2.39. The first-order chi connectivity index (χ1) is 10.9. The van der Waals surface area contributed by atoms with E-state index in [1.54, 1.807) is 13.1 Å². The van der Waals surface area contributed by atoms with Gasteiger partial charge in [-0.1, -0.05) is 29.8 Å². The normalized spacial score (nSPS) is 12.1. The molecule has 3 rings (SSSR count). The fraction of sp³-hybridized carbons (Fsp3) is 0.188. The molecule has 120 valence electrons. The Morgan fingerprint density at radius 1 is 1.00 bits per heavy atom. The number of aromatic nitrogens is 2. The van der Waals surface area contributed by atoms with Gasteiger partial charge in [-0.05, 0) is 30.7 Å². The number of nitrogens with zero attached hydrogens (tertiary/aromatic N) is 1. The lowest BCUT2D eigenvalue weighted by molar-refractivity contribution is 0.467. The van der Waals surface area contributed by atoms with Gasteiger partial charge < -0.3 is 9.97 Å². The number of fused-ring (bicyclic) bond motifs is 1. The quantitative estimate of drug-likeness (QED) is 0.766. The van der Waals surface area contributed by atoms with E-state index in [4.69, 9.17) is 0 Å². The maximum atomic E-state index is 12.7. The van der Waals surface area contributed by atoms with Crippen LogP contribution in [0.15, 0.2) is 52.2 Å². The second kappa shape index (κ2) is 5.68. The van der Waals surface area contributed by atoms with Gasteiger partial charge in [0.1, 0.15) is 0 Å². The van der Waals surface area contributed by atoms with Crippen LogP contribution in [0.3, 0.4) is 0 Å². The first kappa shape index (κ1) is 15.5. The van der Waals surface area contributed by atoms with Gasteiger partial charge in [0.25, 0.3) is 0 Å². The smallest absolute Gasteiger partial charge is 0.306 e. The molecule has 0 spiro atoms. The topological polar surface area (TPSA) is 86.0 Å². The van der Waals surface area contributed by atoms with Crippen LogP contribution < -0.4 is 5.69 Å². The summed E-state index contributed by atoms with van der Waals surface area (Å²) in [4.78, 5) is 16.6. The SMILES string of the molecule is Cc1ccc(CN(C)S(=O)(=O)c2ccc3[nH]c(=O)[nH]c3c2)cc1. The van der Waals surface area contributed by atoms with Crippen LogP contribution in [0.5, 0.6) is 0 Å². The monoisotopic (exact) mass is 331 g/mol. The van der Waals surface area contributed by atoms with E-state index in [-0.39, 0.29) is 17.1 Å². The molecule has 0 aliphatic carbocycles. The third-order valence-electron chi connectivity index (χ3n) is 3.72. The molecular formula is C16H17N3O3S. The average molecular weight is 331 g/mol. The van der Waals surface area contributed by atoms with Crippen molar-refractivity contribution in [1.82, 2.24) is 14.3 Å². The molecule has 2 aromatic carbocycles. The van der Waals surface area contributed by atoms with Gasteiger partial charge in [-0.2, -0.15) is 4.31 Å². The van der Waals surface area contributed by atoms with Gasteiger partial charge in [0.2, 0.25) is 10.0 Å². The maximum absolute atomic E-state index is 12.7. The Labute approximate surface area is 133 Å². The number of H-pyrrole nitrogens is 2. The second-order valence-corrected chi connectivity index (χ2v) is 7.58. The molecule has 7 heteroatoms.